The number of hydrogen-bond acceptors (Lipinski definition) is 4. The number of rotatable bonds is 6. The molecule has 0 saturated carbocycles. The van der Waals surface area contributed by atoms with Crippen molar-refractivity contribution in [2.24, 2.45) is 0 Å². The van der Waals surface area contributed by atoms with Crippen LogP contribution in [0.1, 0.15) is 45.0 Å². The summed E-state index contributed by atoms with van der Waals surface area (Å²) in [7, 11) is 0. The Bertz CT molecular complexity index is 697. The molecule has 2 heterocycles. The summed E-state index contributed by atoms with van der Waals surface area (Å²) in [4.78, 5) is 21.6. The van der Waals surface area contributed by atoms with Crippen LogP contribution in [0, 0.1) is 0 Å². The topological polar surface area (TPSA) is 78.4 Å². The van der Waals surface area contributed by atoms with Crippen LogP contribution in [0.3, 0.4) is 0 Å². The molecule has 1 saturated heterocycles. The number of nitrogens with one attached hydrogen (secondary N) is 1. The molecule has 1 aliphatic rings. The first-order valence-electron chi connectivity index (χ1n) is 8.25. The molecule has 0 spiro atoms. The van der Waals surface area contributed by atoms with Gasteiger partial charge in [-0.25, -0.2) is 4.98 Å². The molecule has 23 heavy (non-hydrogen) atoms. The fraction of sp³-hybridized carbons (Fsp3) is 0.529. The van der Waals surface area contributed by atoms with E-state index in [1.807, 2.05) is 25.1 Å². The van der Waals surface area contributed by atoms with Crippen LogP contribution in [-0.2, 0) is 4.79 Å². The molecule has 1 aromatic heterocycles. The van der Waals surface area contributed by atoms with E-state index in [0.717, 1.165) is 42.0 Å². The van der Waals surface area contributed by atoms with E-state index in [4.69, 9.17) is 4.74 Å². The molecule has 0 aliphatic carbocycles. The molecule has 2 unspecified atom stereocenters. The Balaban J connectivity index is 1.91. The lowest BCUT2D eigenvalue weighted by molar-refractivity contribution is -0.143. The summed E-state index contributed by atoms with van der Waals surface area (Å²) < 4.78 is 5.52. The fourth-order valence-corrected chi connectivity index (χ4v) is 3.43. The quantitative estimate of drug-likeness (QED) is 0.856. The Hall–Kier alpha value is -2.08. The minimum atomic E-state index is -0.740. The molecule has 0 radical (unpaired) electrons. The van der Waals surface area contributed by atoms with Gasteiger partial charge in [0, 0.05) is 6.07 Å². The second-order valence-electron chi connectivity index (χ2n) is 5.89. The molecule has 6 nitrogen and oxygen atoms in total. The number of carboxylic acid groups (broad SMARTS) is 1. The van der Waals surface area contributed by atoms with Gasteiger partial charge in [0.05, 0.1) is 23.7 Å². The molecule has 2 aromatic rings. The van der Waals surface area contributed by atoms with Gasteiger partial charge in [-0.15, -0.1) is 0 Å². The maximum Gasteiger partial charge on any atom is 0.320 e. The van der Waals surface area contributed by atoms with Gasteiger partial charge in [0.25, 0.3) is 0 Å². The normalized spacial score (nSPS) is 20.0. The second kappa shape index (κ2) is 6.58. The van der Waals surface area contributed by atoms with E-state index < -0.39 is 12.0 Å². The van der Waals surface area contributed by atoms with E-state index in [1.54, 1.807) is 0 Å². The lowest BCUT2D eigenvalue weighted by Crippen LogP contribution is -2.39. The van der Waals surface area contributed by atoms with E-state index >= 15 is 0 Å². The van der Waals surface area contributed by atoms with Crippen molar-refractivity contribution < 1.29 is 14.6 Å². The van der Waals surface area contributed by atoms with Gasteiger partial charge < -0.3 is 14.8 Å². The maximum absolute atomic E-state index is 11.5. The van der Waals surface area contributed by atoms with Gasteiger partial charge in [0.1, 0.15) is 17.6 Å². The highest BCUT2D eigenvalue weighted by atomic mass is 16.5. The minimum absolute atomic E-state index is 0.00143. The first-order chi connectivity index (χ1) is 11.1. The van der Waals surface area contributed by atoms with Crippen molar-refractivity contribution in [2.75, 3.05) is 13.2 Å². The summed E-state index contributed by atoms with van der Waals surface area (Å²) in [6.45, 7) is 5.45. The Morgan fingerprint density at radius 3 is 3.04 bits per heavy atom. The highest BCUT2D eigenvalue weighted by Gasteiger charge is 2.36. The standard InChI is InChI=1S/C17H23N3O3/c1-3-14(20-9-5-6-15(20)17(21)22)16-18-12-8-7-11(23-4-2)10-13(12)19-16/h7-8,10,14-15H,3-6,9H2,1-2H3,(H,18,19)(H,21,22). The number of fused-ring (bicyclic) bond motifs is 1. The van der Waals surface area contributed by atoms with Crippen LogP contribution in [0.25, 0.3) is 11.0 Å². The van der Waals surface area contributed by atoms with Crippen molar-refractivity contribution >= 4 is 17.0 Å². The van der Waals surface area contributed by atoms with E-state index in [9.17, 15) is 9.90 Å². The molecule has 1 aliphatic heterocycles. The Morgan fingerprint density at radius 2 is 2.35 bits per heavy atom. The number of aromatic nitrogens is 2. The Labute approximate surface area is 135 Å². The Kier molecular flexibility index (Phi) is 4.52. The van der Waals surface area contributed by atoms with Crippen LogP contribution in [0.5, 0.6) is 5.75 Å². The number of aliphatic carboxylic acids is 1. The van der Waals surface area contributed by atoms with Crippen LogP contribution in [0.2, 0.25) is 0 Å². The molecular weight excluding hydrogens is 294 g/mol. The zero-order valence-corrected chi connectivity index (χ0v) is 13.6. The molecule has 3 rings (SSSR count). The number of aromatic amines is 1. The van der Waals surface area contributed by atoms with E-state index in [1.165, 1.54) is 0 Å². The fourth-order valence-electron chi connectivity index (χ4n) is 3.43. The van der Waals surface area contributed by atoms with Gasteiger partial charge >= 0.3 is 5.97 Å². The molecule has 6 heteroatoms. The van der Waals surface area contributed by atoms with Gasteiger partial charge in [0.15, 0.2) is 0 Å². The Morgan fingerprint density at radius 1 is 1.52 bits per heavy atom. The van der Waals surface area contributed by atoms with Crippen molar-refractivity contribution in [1.82, 2.24) is 14.9 Å². The number of ether oxygens (including phenoxy) is 1. The minimum Gasteiger partial charge on any atom is -0.494 e. The molecule has 124 valence electrons. The van der Waals surface area contributed by atoms with Gasteiger partial charge in [-0.1, -0.05) is 6.92 Å². The number of likely N-dealkylation sites (tertiary alicyclic amines) is 1. The molecular formula is C17H23N3O3. The van der Waals surface area contributed by atoms with Crippen LogP contribution in [0.4, 0.5) is 0 Å². The van der Waals surface area contributed by atoms with Gasteiger partial charge in [-0.3, -0.25) is 9.69 Å². The third kappa shape index (κ3) is 3.03. The smallest absolute Gasteiger partial charge is 0.320 e. The molecule has 2 N–H and O–H groups in total. The first-order valence-corrected chi connectivity index (χ1v) is 8.25. The largest absolute Gasteiger partial charge is 0.494 e. The summed E-state index contributed by atoms with van der Waals surface area (Å²) in [6, 6.07) is 5.38. The summed E-state index contributed by atoms with van der Waals surface area (Å²) in [5.41, 5.74) is 1.81. The molecule has 0 amide bonds. The predicted molar refractivity (Wildman–Crippen MR) is 87.7 cm³/mol. The van der Waals surface area contributed by atoms with Crippen LogP contribution in [-0.4, -0.2) is 45.1 Å². The number of imidazole rings is 1. The van der Waals surface area contributed by atoms with E-state index in [2.05, 4.69) is 21.8 Å². The lowest BCUT2D eigenvalue weighted by atomic mass is 10.1. The number of H-pyrrole nitrogens is 1. The van der Waals surface area contributed by atoms with Crippen molar-refractivity contribution in [3.63, 3.8) is 0 Å². The summed E-state index contributed by atoms with van der Waals surface area (Å²) in [5, 5.41) is 9.42. The number of carbonyl (C=O) groups is 1. The average Bonchev–Trinajstić information content (AvgIpc) is 3.15. The van der Waals surface area contributed by atoms with Gasteiger partial charge in [0.2, 0.25) is 0 Å². The van der Waals surface area contributed by atoms with E-state index in [0.29, 0.717) is 13.0 Å². The third-order valence-electron chi connectivity index (χ3n) is 4.46. The monoisotopic (exact) mass is 317 g/mol. The number of hydrogen-bond donors (Lipinski definition) is 2. The van der Waals surface area contributed by atoms with Crippen molar-refractivity contribution in [1.29, 1.82) is 0 Å². The number of carboxylic acids is 1. The zero-order chi connectivity index (χ0) is 16.4. The van der Waals surface area contributed by atoms with Crippen LogP contribution in [0.15, 0.2) is 18.2 Å². The predicted octanol–water partition coefficient (Wildman–Crippen LogP) is 2.96. The summed E-state index contributed by atoms with van der Waals surface area (Å²) in [6.07, 6.45) is 2.45. The van der Waals surface area contributed by atoms with Crippen LogP contribution < -0.4 is 4.74 Å². The summed E-state index contributed by atoms with van der Waals surface area (Å²) in [5.74, 6) is 0.910. The molecule has 0 bridgehead atoms. The SMILES string of the molecule is CCOc1ccc2nc(C(CC)N3CCCC3C(=O)O)[nH]c2c1. The molecule has 1 fully saturated rings. The lowest BCUT2D eigenvalue weighted by Gasteiger charge is -2.28. The van der Waals surface area contributed by atoms with Crippen molar-refractivity contribution in [3.05, 3.63) is 24.0 Å². The van der Waals surface area contributed by atoms with Gasteiger partial charge in [-0.2, -0.15) is 0 Å². The summed E-state index contributed by atoms with van der Waals surface area (Å²) >= 11 is 0. The molecule has 2 atom stereocenters. The highest BCUT2D eigenvalue weighted by Crippen LogP contribution is 2.32. The highest BCUT2D eigenvalue weighted by molar-refractivity contribution is 5.77. The number of nitrogens with zero attached hydrogens (tertiary/aromatic N) is 2. The second-order valence-corrected chi connectivity index (χ2v) is 5.89. The third-order valence-corrected chi connectivity index (χ3v) is 4.46. The van der Waals surface area contributed by atoms with Crippen molar-refractivity contribution in [2.45, 2.75) is 45.2 Å². The van der Waals surface area contributed by atoms with Gasteiger partial charge in [-0.05, 0) is 44.9 Å². The maximum atomic E-state index is 11.5. The number of benzene rings is 1. The van der Waals surface area contributed by atoms with Crippen molar-refractivity contribution in [3.8, 4) is 5.75 Å². The average molecular weight is 317 g/mol. The van der Waals surface area contributed by atoms with Crippen LogP contribution >= 0.6 is 0 Å². The van der Waals surface area contributed by atoms with E-state index in [-0.39, 0.29) is 6.04 Å². The molecule has 1 aromatic carbocycles. The first kappa shape index (κ1) is 15.8. The zero-order valence-electron chi connectivity index (χ0n) is 13.6.